The number of hydrogen-bond donors (Lipinski definition) is 0. The van der Waals surface area contributed by atoms with Crippen LogP contribution in [0, 0.1) is 0 Å². The highest BCUT2D eigenvalue weighted by Gasteiger charge is 2.24. The van der Waals surface area contributed by atoms with Gasteiger partial charge >= 0.3 is 0 Å². The molecule has 4 heterocycles. The van der Waals surface area contributed by atoms with Gasteiger partial charge in [-0.15, -0.1) is 22.7 Å². The summed E-state index contributed by atoms with van der Waals surface area (Å²) in [4.78, 5) is 32.7. The zero-order valence-electron chi connectivity index (χ0n) is 61.6. The summed E-state index contributed by atoms with van der Waals surface area (Å²) in [7, 11) is 0. The Labute approximate surface area is 667 Å². The molecule has 0 spiro atoms. The van der Waals surface area contributed by atoms with Crippen LogP contribution in [-0.4, -0.2) is 29.9 Å². The topological polar surface area (TPSA) is 77.3 Å². The second-order valence-electron chi connectivity index (χ2n) is 28.8. The smallest absolute Gasteiger partial charge is 0.165 e. The Morgan fingerprint density at radius 1 is 0.149 bits per heavy atom. The van der Waals surface area contributed by atoms with Crippen molar-refractivity contribution in [1.29, 1.82) is 0 Å². The predicted molar refractivity (Wildman–Crippen MR) is 478 cm³/mol. The maximum absolute atomic E-state index is 5.57. The van der Waals surface area contributed by atoms with Gasteiger partial charge in [-0.1, -0.05) is 340 Å². The summed E-state index contributed by atoms with van der Waals surface area (Å²) in [6.45, 7) is 0. The average molecular weight is 1490 g/mol. The van der Waals surface area contributed by atoms with E-state index >= 15 is 0 Å². The summed E-state index contributed by atoms with van der Waals surface area (Å²) < 4.78 is 4.63. The van der Waals surface area contributed by atoms with Gasteiger partial charge in [0.1, 0.15) is 0 Å². The summed E-state index contributed by atoms with van der Waals surface area (Å²) in [5, 5.41) is 6.86. The van der Waals surface area contributed by atoms with E-state index < -0.39 is 0 Å². The van der Waals surface area contributed by atoms with Gasteiger partial charge < -0.3 is 0 Å². The minimum absolute atomic E-state index is 0.588. The van der Waals surface area contributed by atoms with Crippen molar-refractivity contribution in [3.63, 3.8) is 0 Å². The zero-order chi connectivity index (χ0) is 75.4. The summed E-state index contributed by atoms with van der Waals surface area (Å²) >= 11 is 3.55. The lowest BCUT2D eigenvalue weighted by Crippen LogP contribution is -2.02. The summed E-state index contributed by atoms with van der Waals surface area (Å²) in [6, 6.07) is 143. The molecule has 0 amide bonds. The maximum atomic E-state index is 5.57. The average Bonchev–Trinajstić information content (AvgIpc) is 1.24. The lowest BCUT2D eigenvalue weighted by atomic mass is 9.91. The molecule has 0 aliphatic heterocycles. The van der Waals surface area contributed by atoms with Crippen LogP contribution in [0.1, 0.15) is 0 Å². The van der Waals surface area contributed by atoms with Crippen LogP contribution in [-0.2, 0) is 0 Å². The van der Waals surface area contributed by atoms with Crippen LogP contribution < -0.4 is 0 Å². The van der Waals surface area contributed by atoms with Crippen LogP contribution >= 0.6 is 22.7 Å². The molecule has 0 radical (unpaired) electrons. The molecule has 8 heteroatoms. The Kier molecular flexibility index (Phi) is 17.2. The van der Waals surface area contributed by atoms with Crippen molar-refractivity contribution in [3.05, 3.63) is 400 Å². The van der Waals surface area contributed by atoms with Crippen LogP contribution in [0.3, 0.4) is 0 Å². The van der Waals surface area contributed by atoms with E-state index in [0.29, 0.717) is 34.9 Å². The van der Waals surface area contributed by atoms with E-state index in [1.165, 1.54) is 42.4 Å². The van der Waals surface area contributed by atoms with Gasteiger partial charge in [-0.25, -0.2) is 29.9 Å². The number of nitrogens with zero attached hydrogens (tertiary/aromatic N) is 6. The molecule has 0 saturated carbocycles. The maximum Gasteiger partial charge on any atom is 0.165 e. The summed E-state index contributed by atoms with van der Waals surface area (Å²) in [6.07, 6.45) is 0. The lowest BCUT2D eigenvalue weighted by molar-refractivity contribution is 1.08. The largest absolute Gasteiger partial charge is 0.208 e. The molecule has 6 nitrogen and oxygen atoms in total. The number of thiophene rings is 2. The number of benzene rings is 17. The summed E-state index contributed by atoms with van der Waals surface area (Å²) in [5.41, 5.74) is 25.8. The van der Waals surface area contributed by atoms with Gasteiger partial charge in [-0.3, -0.25) is 0 Å². The molecular formula is C106H66N6S2. The minimum Gasteiger partial charge on any atom is -0.208 e. The fraction of sp³-hybridized carbons (Fsp3) is 0. The quantitative estimate of drug-likeness (QED) is 0.102. The van der Waals surface area contributed by atoms with Crippen LogP contribution in [0.4, 0.5) is 0 Å². The van der Waals surface area contributed by atoms with E-state index in [4.69, 9.17) is 29.9 Å². The van der Waals surface area contributed by atoms with Gasteiger partial charge in [0, 0.05) is 73.7 Å². The molecule has 0 bridgehead atoms. The molecule has 4 aromatic heterocycles. The van der Waals surface area contributed by atoms with Crippen LogP contribution in [0.15, 0.2) is 400 Å². The fourth-order valence-corrected chi connectivity index (χ4v) is 18.4. The first kappa shape index (κ1) is 67.6. The Morgan fingerprint density at radius 3 is 0.956 bits per heavy atom. The highest BCUT2D eigenvalue weighted by molar-refractivity contribution is 7.26. The first-order chi connectivity index (χ1) is 56.4. The second kappa shape index (κ2) is 29.0. The molecule has 21 rings (SSSR count). The van der Waals surface area contributed by atoms with Gasteiger partial charge in [-0.2, -0.15) is 0 Å². The van der Waals surface area contributed by atoms with Crippen LogP contribution in [0.25, 0.3) is 220 Å². The lowest BCUT2D eigenvalue weighted by Gasteiger charge is -2.16. The molecule has 0 fully saturated rings. The summed E-state index contributed by atoms with van der Waals surface area (Å²) in [5.74, 6) is 3.62. The standard InChI is InChI=1S/C106H66N6S2/c1-5-21-67(22-6-1)71-41-43-72(44-42-71)73-45-51-77(52-46-73)101-107-102(78-53-47-74(48-54-78)81-31-17-30-80(61-81)68-23-7-2-8-24-68)109-104(108-101)94-39-20-37-92-95-66-83(58-60-97(95)114-100(92)94)87-64-85(70-27-11-4-12-28-70)63-86(65-87)75-49-55-79(56-50-75)103-110-105(93-38-19-36-91-90-35-15-16-40-96(90)113-99(91)93)112-106(111-103)98-88-34-14-13-29-76(88)57-59-89(98)84-33-18-32-82(62-84)69-25-9-3-10-26-69/h1-66H. The van der Waals surface area contributed by atoms with Crippen molar-refractivity contribution >= 4 is 73.8 Å². The number of hydrogen-bond acceptors (Lipinski definition) is 8. The molecular weight excluding hydrogens is 1420 g/mol. The number of rotatable bonds is 15. The molecule has 0 N–H and O–H groups in total. The van der Waals surface area contributed by atoms with Crippen LogP contribution in [0.5, 0.6) is 0 Å². The van der Waals surface area contributed by atoms with Gasteiger partial charge in [-0.05, 0) is 172 Å². The molecule has 532 valence electrons. The molecule has 17 aromatic carbocycles. The minimum atomic E-state index is 0.588. The van der Waals surface area contributed by atoms with Crippen molar-refractivity contribution in [1.82, 2.24) is 29.9 Å². The first-order valence-corrected chi connectivity index (χ1v) is 40.0. The van der Waals surface area contributed by atoms with Gasteiger partial charge in [0.05, 0.1) is 0 Å². The Balaban J connectivity index is 0.655. The van der Waals surface area contributed by atoms with E-state index in [1.807, 2.05) is 0 Å². The highest BCUT2D eigenvalue weighted by Crippen LogP contribution is 2.46. The third kappa shape index (κ3) is 12.9. The van der Waals surface area contributed by atoms with Gasteiger partial charge in [0.2, 0.25) is 0 Å². The van der Waals surface area contributed by atoms with Gasteiger partial charge in [0.25, 0.3) is 0 Å². The first-order valence-electron chi connectivity index (χ1n) is 38.3. The van der Waals surface area contributed by atoms with Crippen molar-refractivity contribution in [2.24, 2.45) is 0 Å². The number of aromatic nitrogens is 6. The van der Waals surface area contributed by atoms with E-state index in [-0.39, 0.29) is 0 Å². The normalized spacial score (nSPS) is 11.5. The molecule has 0 unspecified atom stereocenters. The van der Waals surface area contributed by atoms with E-state index in [2.05, 4.69) is 400 Å². The SMILES string of the molecule is c1ccc(-c2ccc(-c3ccc(-c4nc(-c5ccc(-c6cccc(-c7ccccc7)c6)cc5)nc(-c5cccc6c5sc5ccc(-c7cc(-c8ccccc8)cc(-c8ccc(-c9nc(-c%10c(-c%11cccc(-c%12ccccc%12)c%11)ccc%11ccccc%10%11)nc(-c%10cccc%11c%10sc%10ccccc%10%11)n9)cc8)c7)cc56)n4)cc3)cc2)cc1. The zero-order valence-corrected chi connectivity index (χ0v) is 63.2. The molecule has 0 saturated heterocycles. The second-order valence-corrected chi connectivity index (χ2v) is 30.9. The van der Waals surface area contributed by atoms with Gasteiger partial charge in [0.15, 0.2) is 34.9 Å². The predicted octanol–water partition coefficient (Wildman–Crippen LogP) is 29.0. The Bertz CT molecular complexity index is 7230. The fourth-order valence-electron chi connectivity index (χ4n) is 16.0. The number of fused-ring (bicyclic) bond motifs is 7. The Morgan fingerprint density at radius 2 is 0.447 bits per heavy atom. The molecule has 0 aliphatic rings. The monoisotopic (exact) mass is 1490 g/mol. The van der Waals surface area contributed by atoms with Crippen LogP contribution in [0.2, 0.25) is 0 Å². The molecule has 114 heavy (non-hydrogen) atoms. The van der Waals surface area contributed by atoms with Crippen molar-refractivity contribution in [2.45, 2.75) is 0 Å². The molecule has 0 aliphatic carbocycles. The third-order valence-electron chi connectivity index (χ3n) is 21.9. The molecule has 0 atom stereocenters. The highest BCUT2D eigenvalue weighted by atomic mass is 32.1. The van der Waals surface area contributed by atoms with E-state index in [0.717, 1.165) is 142 Å². The van der Waals surface area contributed by atoms with Crippen molar-refractivity contribution in [2.75, 3.05) is 0 Å². The van der Waals surface area contributed by atoms with E-state index in [9.17, 15) is 0 Å². The van der Waals surface area contributed by atoms with Crippen molar-refractivity contribution < 1.29 is 0 Å². The Hall–Kier alpha value is -14.5. The van der Waals surface area contributed by atoms with E-state index in [1.54, 1.807) is 22.7 Å². The molecule has 21 aromatic rings. The third-order valence-corrected chi connectivity index (χ3v) is 24.3. The van der Waals surface area contributed by atoms with Crippen molar-refractivity contribution in [3.8, 4) is 168 Å².